The van der Waals surface area contributed by atoms with E-state index in [4.69, 9.17) is 18.9 Å². The highest BCUT2D eigenvalue weighted by Gasteiger charge is 2.42. The Hall–Kier alpha value is -5.82. The fourth-order valence-corrected chi connectivity index (χ4v) is 6.37. The highest BCUT2D eigenvalue weighted by atomic mass is 16.6. The Morgan fingerprint density at radius 1 is 0.880 bits per heavy atom. The summed E-state index contributed by atoms with van der Waals surface area (Å²) in [6.07, 6.45) is -1.30. The van der Waals surface area contributed by atoms with Crippen LogP contribution >= 0.6 is 0 Å². The Morgan fingerprint density at radius 2 is 1.46 bits per heavy atom. The lowest BCUT2D eigenvalue weighted by molar-refractivity contribution is -0.0935. The monoisotopic (exact) mass is 673 g/mol. The number of aromatic nitrogens is 4. The van der Waals surface area contributed by atoms with Crippen LogP contribution in [0.15, 0.2) is 120 Å². The van der Waals surface area contributed by atoms with Crippen molar-refractivity contribution >= 4 is 22.9 Å². The molecule has 6 aromatic rings. The highest BCUT2D eigenvalue weighted by molar-refractivity contribution is 6.06. The average Bonchev–Trinajstić information content (AvgIpc) is 3.71. The van der Waals surface area contributed by atoms with Crippen LogP contribution in [0.1, 0.15) is 39.7 Å². The van der Waals surface area contributed by atoms with Crippen LogP contribution in [0.25, 0.3) is 11.2 Å². The van der Waals surface area contributed by atoms with Gasteiger partial charge in [0.05, 0.1) is 26.9 Å². The van der Waals surface area contributed by atoms with Gasteiger partial charge in [0.1, 0.15) is 41.3 Å². The number of imidazole rings is 1. The van der Waals surface area contributed by atoms with E-state index < -0.39 is 29.7 Å². The van der Waals surface area contributed by atoms with Gasteiger partial charge in [-0.3, -0.25) is 4.79 Å². The summed E-state index contributed by atoms with van der Waals surface area (Å²) in [4.78, 5) is 37.5. The van der Waals surface area contributed by atoms with Crippen LogP contribution in [0, 0.1) is 0 Å². The first-order valence-electron chi connectivity index (χ1n) is 16.0. The number of hydrogen-bond donors (Lipinski definition) is 3. The molecule has 0 unspecified atom stereocenters. The number of carbonyl (C=O) groups excluding carboxylic acids is 1. The number of nitrogens with one attached hydrogen (secondary N) is 2. The molecule has 1 aliphatic heterocycles. The van der Waals surface area contributed by atoms with E-state index in [0.29, 0.717) is 17.1 Å². The van der Waals surface area contributed by atoms with Gasteiger partial charge < -0.3 is 34.4 Å². The molecule has 0 radical (unpaired) electrons. The van der Waals surface area contributed by atoms with Crippen LogP contribution < -0.4 is 20.5 Å². The number of fused-ring (bicyclic) bond motifs is 1. The molecule has 1 fully saturated rings. The Balaban J connectivity index is 1.20. The number of aromatic amines is 1. The van der Waals surface area contributed by atoms with Crippen LogP contribution in [0.4, 0.5) is 5.82 Å². The number of anilines is 1. The number of benzene rings is 4. The Bertz CT molecular complexity index is 2090. The van der Waals surface area contributed by atoms with E-state index in [1.54, 1.807) is 38.5 Å². The summed E-state index contributed by atoms with van der Waals surface area (Å²) < 4.78 is 25.5. The average molecular weight is 674 g/mol. The minimum atomic E-state index is -1.13. The maximum absolute atomic E-state index is 13.3. The largest absolute Gasteiger partial charge is 0.497 e. The van der Waals surface area contributed by atoms with Gasteiger partial charge in [-0.2, -0.15) is 0 Å². The fraction of sp³-hybridized carbons (Fsp3) is 0.211. The van der Waals surface area contributed by atoms with Gasteiger partial charge in [-0.25, -0.2) is 19.3 Å². The number of methoxy groups -OCH3 is 2. The lowest BCUT2D eigenvalue weighted by Gasteiger charge is -2.37. The maximum Gasteiger partial charge on any atom is 0.329 e. The Morgan fingerprint density at radius 3 is 2.06 bits per heavy atom. The predicted molar refractivity (Wildman–Crippen MR) is 185 cm³/mol. The van der Waals surface area contributed by atoms with Gasteiger partial charge >= 0.3 is 5.69 Å². The smallest absolute Gasteiger partial charge is 0.329 e. The molecule has 50 heavy (non-hydrogen) atoms. The molecular weight excluding hydrogens is 638 g/mol. The van der Waals surface area contributed by atoms with E-state index >= 15 is 0 Å². The molecule has 3 atom stereocenters. The van der Waals surface area contributed by atoms with Crippen molar-refractivity contribution in [3.63, 3.8) is 0 Å². The molecule has 1 amide bonds. The molecule has 12 nitrogen and oxygen atoms in total. The summed E-state index contributed by atoms with van der Waals surface area (Å²) in [5, 5.41) is 14.1. The number of ether oxygens (including phenoxy) is 4. The first kappa shape index (κ1) is 32.7. The third-order valence-electron chi connectivity index (χ3n) is 8.90. The number of rotatable bonds is 11. The quantitative estimate of drug-likeness (QED) is 0.161. The third-order valence-corrected chi connectivity index (χ3v) is 8.90. The van der Waals surface area contributed by atoms with E-state index in [0.717, 1.165) is 16.7 Å². The van der Waals surface area contributed by atoms with E-state index in [1.807, 2.05) is 84.9 Å². The zero-order valence-corrected chi connectivity index (χ0v) is 27.4. The molecule has 4 aromatic carbocycles. The molecule has 1 saturated heterocycles. The minimum Gasteiger partial charge on any atom is -0.497 e. The Labute approximate surface area is 287 Å². The van der Waals surface area contributed by atoms with Gasteiger partial charge in [-0.05, 0) is 53.1 Å². The molecule has 7 rings (SSSR count). The zero-order chi connectivity index (χ0) is 34.7. The Kier molecular flexibility index (Phi) is 9.13. The molecule has 3 N–H and O–H groups in total. The van der Waals surface area contributed by atoms with Crippen molar-refractivity contribution < 1.29 is 28.8 Å². The van der Waals surface area contributed by atoms with E-state index in [9.17, 15) is 14.7 Å². The summed E-state index contributed by atoms with van der Waals surface area (Å²) in [6, 6.07) is 33.8. The second-order valence-electron chi connectivity index (χ2n) is 11.8. The predicted octanol–water partition coefficient (Wildman–Crippen LogP) is 5.05. The van der Waals surface area contributed by atoms with Gasteiger partial charge in [-0.15, -0.1) is 0 Å². The van der Waals surface area contributed by atoms with Crippen LogP contribution in [0.5, 0.6) is 11.5 Å². The normalized spacial score (nSPS) is 17.5. The van der Waals surface area contributed by atoms with Crippen molar-refractivity contribution in [2.24, 2.45) is 0 Å². The summed E-state index contributed by atoms with van der Waals surface area (Å²) in [6.45, 7) is -0.0326. The van der Waals surface area contributed by atoms with Crippen molar-refractivity contribution in [1.82, 2.24) is 19.5 Å². The molecule has 2 aromatic heterocycles. The van der Waals surface area contributed by atoms with E-state index in [-0.39, 0.29) is 35.9 Å². The summed E-state index contributed by atoms with van der Waals surface area (Å²) in [5.74, 6) is 1.14. The highest BCUT2D eigenvalue weighted by Crippen LogP contribution is 2.43. The number of aliphatic hydroxyl groups excluding tert-OH is 1. The molecule has 254 valence electrons. The van der Waals surface area contributed by atoms with Gasteiger partial charge in [0.15, 0.2) is 11.5 Å². The van der Waals surface area contributed by atoms with E-state index in [2.05, 4.69) is 20.3 Å². The molecule has 0 spiro atoms. The number of H-pyrrole nitrogens is 1. The van der Waals surface area contributed by atoms with Gasteiger partial charge in [0.25, 0.3) is 5.91 Å². The molecule has 0 bridgehead atoms. The van der Waals surface area contributed by atoms with E-state index in [1.165, 1.54) is 10.9 Å². The minimum absolute atomic E-state index is 0.0326. The number of nitrogens with zero attached hydrogens (tertiary/aromatic N) is 3. The first-order valence-corrected chi connectivity index (χ1v) is 16.0. The summed E-state index contributed by atoms with van der Waals surface area (Å²) in [5.41, 5.74) is 1.75. The lowest BCUT2D eigenvalue weighted by Crippen LogP contribution is -2.38. The van der Waals surface area contributed by atoms with Crippen LogP contribution in [0.2, 0.25) is 0 Å². The van der Waals surface area contributed by atoms with Crippen LogP contribution in [-0.2, 0) is 15.1 Å². The van der Waals surface area contributed by atoms with Crippen molar-refractivity contribution in [1.29, 1.82) is 0 Å². The topological polar surface area (TPSA) is 150 Å². The summed E-state index contributed by atoms with van der Waals surface area (Å²) in [7, 11) is 3.22. The number of amides is 1. The molecule has 3 heterocycles. The van der Waals surface area contributed by atoms with Crippen LogP contribution in [-0.4, -0.2) is 63.6 Å². The fourth-order valence-electron chi connectivity index (χ4n) is 6.37. The van der Waals surface area contributed by atoms with Crippen molar-refractivity contribution in [2.75, 3.05) is 26.1 Å². The molecule has 12 heteroatoms. The van der Waals surface area contributed by atoms with Gasteiger partial charge in [-0.1, -0.05) is 72.8 Å². The van der Waals surface area contributed by atoms with Crippen molar-refractivity contribution in [3.8, 4) is 11.5 Å². The second kappa shape index (κ2) is 14.0. The molecule has 0 saturated carbocycles. The SMILES string of the molecule is COc1ccc(C(OC[C@H]2O[C@@H](n3c(=O)[nH]c4c(NC(=O)c5ccccc5)ncnc43)C[C@H]2O)(c2ccccc2)c2ccc(OC)cc2)cc1. The second-order valence-corrected chi connectivity index (χ2v) is 11.8. The molecule has 1 aliphatic rings. The maximum atomic E-state index is 13.3. The number of hydrogen-bond acceptors (Lipinski definition) is 9. The third kappa shape index (κ3) is 6.11. The number of carbonyl (C=O) groups is 1. The number of aliphatic hydroxyl groups is 1. The first-order chi connectivity index (χ1) is 24.4. The molecular formula is C38H35N5O7. The zero-order valence-electron chi connectivity index (χ0n) is 27.4. The standard InChI is InChI=1S/C38H35N5O7/c1-47-28-17-13-26(14-18-28)38(25-11-7-4-8-12-25,27-15-19-29(48-2)20-16-27)49-22-31-30(44)21-32(50-31)43-35-33(41-37(43)46)34(39-23-40-35)42-36(45)24-9-5-3-6-10-24/h3-20,23,30-32,44H,21-22H2,1-2H3,(H,41,46)(H,39,40,42,45)/t30-,31-,32-/m1/s1. The van der Waals surface area contributed by atoms with Crippen LogP contribution in [0.3, 0.4) is 0 Å². The van der Waals surface area contributed by atoms with Crippen molar-refractivity contribution in [2.45, 2.75) is 30.5 Å². The van der Waals surface area contributed by atoms with Gasteiger partial charge in [0.2, 0.25) is 0 Å². The van der Waals surface area contributed by atoms with Crippen molar-refractivity contribution in [3.05, 3.63) is 148 Å². The lowest BCUT2D eigenvalue weighted by atomic mass is 9.80. The summed E-state index contributed by atoms with van der Waals surface area (Å²) >= 11 is 0. The van der Waals surface area contributed by atoms with Gasteiger partial charge in [0, 0.05) is 12.0 Å². The molecule has 0 aliphatic carbocycles.